The number of hydrogen-bond donors (Lipinski definition) is 0. The molecule has 0 bridgehead atoms. The first kappa shape index (κ1) is 70.8. The molecule has 0 aromatic heterocycles. The van der Waals surface area contributed by atoms with Crippen LogP contribution in [-0.2, 0) is 28.6 Å². The van der Waals surface area contributed by atoms with Crippen LogP contribution in [0.4, 0.5) is 0 Å². The lowest BCUT2D eigenvalue weighted by atomic mass is 10.1. The van der Waals surface area contributed by atoms with Crippen molar-refractivity contribution in [1.29, 1.82) is 0 Å². The van der Waals surface area contributed by atoms with Crippen LogP contribution in [0.1, 0.15) is 278 Å². The van der Waals surface area contributed by atoms with Crippen molar-refractivity contribution in [2.24, 2.45) is 0 Å². The van der Waals surface area contributed by atoms with E-state index in [1.54, 1.807) is 0 Å². The van der Waals surface area contributed by atoms with E-state index in [0.717, 1.165) is 148 Å². The third kappa shape index (κ3) is 60.6. The van der Waals surface area contributed by atoms with Gasteiger partial charge < -0.3 is 14.2 Å². The number of rotatable bonds is 55. The fraction of sp³-hybridized carbons (Fsp3) is 0.667. The third-order valence-corrected chi connectivity index (χ3v) is 12.9. The largest absolute Gasteiger partial charge is 0.462 e. The van der Waals surface area contributed by atoms with Gasteiger partial charge in [0.2, 0.25) is 0 Å². The van der Waals surface area contributed by atoms with E-state index >= 15 is 0 Å². The number of esters is 3. The van der Waals surface area contributed by atoms with Crippen molar-refractivity contribution in [2.75, 3.05) is 13.2 Å². The number of hydrogen-bond acceptors (Lipinski definition) is 6. The molecule has 0 heterocycles. The normalized spacial score (nSPS) is 12.9. The molecule has 0 N–H and O–H groups in total. The molecule has 0 aromatic carbocycles. The molecule has 0 spiro atoms. The first-order chi connectivity index (χ1) is 37.0. The zero-order chi connectivity index (χ0) is 54.3. The van der Waals surface area contributed by atoms with Crippen molar-refractivity contribution in [2.45, 2.75) is 284 Å². The summed E-state index contributed by atoms with van der Waals surface area (Å²) in [5.41, 5.74) is 0. The summed E-state index contributed by atoms with van der Waals surface area (Å²) in [4.78, 5) is 38.3. The Labute approximate surface area is 462 Å². The second kappa shape index (κ2) is 62.4. The van der Waals surface area contributed by atoms with Gasteiger partial charge in [-0.25, -0.2) is 0 Å². The summed E-state index contributed by atoms with van der Waals surface area (Å²) in [5, 5.41) is 0. The fourth-order valence-electron chi connectivity index (χ4n) is 8.27. The number of unbranched alkanes of at least 4 members (excludes halogenated alkanes) is 24. The molecule has 0 rings (SSSR count). The van der Waals surface area contributed by atoms with Crippen LogP contribution in [0.25, 0.3) is 0 Å². The fourth-order valence-corrected chi connectivity index (χ4v) is 8.27. The van der Waals surface area contributed by atoms with Crippen molar-refractivity contribution in [1.82, 2.24) is 0 Å². The lowest BCUT2D eigenvalue weighted by molar-refractivity contribution is -0.167. The van der Waals surface area contributed by atoms with E-state index in [1.165, 1.54) is 89.9 Å². The SMILES string of the molecule is CC/C=C\C/C=C\C/C=C\C/C=C\C/C=C\C/C=C\CCCCCCCCC(=O)OCC(COC(=O)CCCCCCC/C=C\C/C=C\CCCCC)OC(=O)CCCCCCCCC/C=C\C/C=C\CCCCC. The van der Waals surface area contributed by atoms with Crippen LogP contribution in [0.2, 0.25) is 0 Å². The van der Waals surface area contributed by atoms with E-state index in [1.807, 2.05) is 0 Å². The standard InChI is InChI=1S/C69H114O6/c1-4-7-10-13-16-19-22-25-28-30-31-32-33-34-35-36-37-39-41-44-47-50-53-56-59-62-68(71)74-65-66(64-73-67(70)61-58-55-52-49-46-43-40-27-24-21-18-15-12-9-6-3)75-69(72)63-60-57-54-51-48-45-42-38-29-26-23-20-17-14-11-8-5-2/h7,10,16-21,25-29,31-32,34-35,37,39-40,66H,4-6,8-9,11-15,22-24,30,33,36,38,41-65H2,1-3H3/b10-7-,19-16-,20-17-,21-18-,28-25-,29-26-,32-31-,35-34-,39-37-,40-27-. The molecule has 0 aliphatic rings. The molecule has 6 heteroatoms. The highest BCUT2D eigenvalue weighted by atomic mass is 16.6. The van der Waals surface area contributed by atoms with E-state index in [4.69, 9.17) is 14.2 Å². The third-order valence-electron chi connectivity index (χ3n) is 12.9. The van der Waals surface area contributed by atoms with Crippen LogP contribution >= 0.6 is 0 Å². The average molecular weight is 1040 g/mol. The van der Waals surface area contributed by atoms with E-state index in [9.17, 15) is 14.4 Å². The van der Waals surface area contributed by atoms with Crippen molar-refractivity contribution in [3.63, 3.8) is 0 Å². The molecule has 426 valence electrons. The van der Waals surface area contributed by atoms with Gasteiger partial charge in [0.15, 0.2) is 6.10 Å². The lowest BCUT2D eigenvalue weighted by Crippen LogP contribution is -2.30. The Morgan fingerprint density at radius 1 is 0.280 bits per heavy atom. The van der Waals surface area contributed by atoms with Crippen molar-refractivity contribution in [3.8, 4) is 0 Å². The molecule has 0 aromatic rings. The van der Waals surface area contributed by atoms with E-state index in [-0.39, 0.29) is 31.1 Å². The Bertz CT molecular complexity index is 1570. The smallest absolute Gasteiger partial charge is 0.306 e. The zero-order valence-corrected chi connectivity index (χ0v) is 48.8. The van der Waals surface area contributed by atoms with Gasteiger partial charge in [0.25, 0.3) is 0 Å². The molecule has 0 amide bonds. The maximum atomic E-state index is 12.9. The lowest BCUT2D eigenvalue weighted by Gasteiger charge is -2.18. The van der Waals surface area contributed by atoms with E-state index < -0.39 is 6.10 Å². The highest BCUT2D eigenvalue weighted by Gasteiger charge is 2.19. The molecule has 0 aliphatic heterocycles. The molecule has 0 saturated heterocycles. The van der Waals surface area contributed by atoms with Gasteiger partial charge in [0.1, 0.15) is 13.2 Å². The highest BCUT2D eigenvalue weighted by molar-refractivity contribution is 5.71. The maximum Gasteiger partial charge on any atom is 0.306 e. The van der Waals surface area contributed by atoms with Gasteiger partial charge in [-0.05, 0) is 135 Å². The monoisotopic (exact) mass is 1040 g/mol. The Kier molecular flexibility index (Phi) is 58.9. The highest BCUT2D eigenvalue weighted by Crippen LogP contribution is 2.14. The predicted molar refractivity (Wildman–Crippen MR) is 325 cm³/mol. The maximum absolute atomic E-state index is 12.9. The molecule has 0 radical (unpaired) electrons. The predicted octanol–water partition coefficient (Wildman–Crippen LogP) is 21.2. The Balaban J connectivity index is 4.43. The summed E-state index contributed by atoms with van der Waals surface area (Å²) < 4.78 is 16.9. The van der Waals surface area contributed by atoms with Crippen LogP contribution in [0.15, 0.2) is 122 Å². The molecule has 0 aliphatic carbocycles. The summed E-state index contributed by atoms with van der Waals surface area (Å²) in [5.74, 6) is -0.928. The van der Waals surface area contributed by atoms with Crippen molar-refractivity contribution >= 4 is 17.9 Å². The van der Waals surface area contributed by atoms with Crippen molar-refractivity contribution < 1.29 is 28.6 Å². The van der Waals surface area contributed by atoms with Crippen LogP contribution in [0, 0.1) is 0 Å². The van der Waals surface area contributed by atoms with Gasteiger partial charge >= 0.3 is 17.9 Å². The van der Waals surface area contributed by atoms with Gasteiger partial charge in [-0.1, -0.05) is 245 Å². The summed E-state index contributed by atoms with van der Waals surface area (Å²) >= 11 is 0. The molecular formula is C69H114O6. The van der Waals surface area contributed by atoms with Gasteiger partial charge in [0, 0.05) is 19.3 Å². The summed E-state index contributed by atoms with van der Waals surface area (Å²) in [6.45, 7) is 6.45. The summed E-state index contributed by atoms with van der Waals surface area (Å²) in [6, 6.07) is 0. The van der Waals surface area contributed by atoms with Gasteiger partial charge in [-0.3, -0.25) is 14.4 Å². The quantitative estimate of drug-likeness (QED) is 0.0261. The number of carbonyl (C=O) groups excluding carboxylic acids is 3. The zero-order valence-electron chi connectivity index (χ0n) is 48.8. The van der Waals surface area contributed by atoms with Crippen LogP contribution < -0.4 is 0 Å². The Hall–Kier alpha value is -4.19. The second-order valence-corrected chi connectivity index (χ2v) is 20.2. The second-order valence-electron chi connectivity index (χ2n) is 20.2. The van der Waals surface area contributed by atoms with Gasteiger partial charge in [-0.2, -0.15) is 0 Å². The number of allylic oxidation sites excluding steroid dienone is 20. The minimum Gasteiger partial charge on any atom is -0.462 e. The van der Waals surface area contributed by atoms with Crippen LogP contribution in [-0.4, -0.2) is 37.2 Å². The van der Waals surface area contributed by atoms with Crippen molar-refractivity contribution in [3.05, 3.63) is 122 Å². The Morgan fingerprint density at radius 2 is 0.520 bits per heavy atom. The minimum atomic E-state index is -0.799. The molecule has 0 fully saturated rings. The molecule has 1 atom stereocenters. The van der Waals surface area contributed by atoms with Crippen LogP contribution in [0.3, 0.4) is 0 Å². The minimum absolute atomic E-state index is 0.0956. The number of ether oxygens (including phenoxy) is 3. The first-order valence-corrected chi connectivity index (χ1v) is 31.0. The van der Waals surface area contributed by atoms with Gasteiger partial charge in [0.05, 0.1) is 0 Å². The molecular weight excluding hydrogens is 925 g/mol. The summed E-state index contributed by atoms with van der Waals surface area (Å²) in [6.07, 6.45) is 86.1. The van der Waals surface area contributed by atoms with E-state index in [2.05, 4.69) is 142 Å². The van der Waals surface area contributed by atoms with E-state index in [0.29, 0.717) is 19.3 Å². The van der Waals surface area contributed by atoms with Crippen LogP contribution in [0.5, 0.6) is 0 Å². The Morgan fingerprint density at radius 3 is 0.813 bits per heavy atom. The average Bonchev–Trinajstić information content (AvgIpc) is 3.41. The number of carbonyl (C=O) groups is 3. The topological polar surface area (TPSA) is 78.9 Å². The molecule has 75 heavy (non-hydrogen) atoms. The molecule has 6 nitrogen and oxygen atoms in total. The van der Waals surface area contributed by atoms with Gasteiger partial charge in [-0.15, -0.1) is 0 Å². The first-order valence-electron chi connectivity index (χ1n) is 31.0. The molecule has 1 unspecified atom stereocenters. The molecule has 0 saturated carbocycles. The summed E-state index contributed by atoms with van der Waals surface area (Å²) in [7, 11) is 0.